The second kappa shape index (κ2) is 6.38. The zero-order valence-electron chi connectivity index (χ0n) is 6.84. The molecule has 0 aliphatic rings. The number of hydrogen-bond acceptors (Lipinski definition) is 1. The van der Waals surface area contributed by atoms with Crippen molar-refractivity contribution >= 4 is 15.9 Å². The molecule has 0 bridgehead atoms. The third-order valence-electron chi connectivity index (χ3n) is 1.07. The van der Waals surface area contributed by atoms with Crippen LogP contribution in [0.5, 0.6) is 0 Å². The first-order valence-electron chi connectivity index (χ1n) is 3.68. The summed E-state index contributed by atoms with van der Waals surface area (Å²) in [4.78, 5) is 0. The number of aliphatic hydroxyl groups is 1. The molecule has 62 valence electrons. The lowest BCUT2D eigenvalue weighted by molar-refractivity contribution is 0.282. The maximum absolute atomic E-state index is 8.64. The Morgan fingerprint density at radius 1 is 1.36 bits per heavy atom. The van der Waals surface area contributed by atoms with E-state index >= 15 is 0 Å². The quantitative estimate of drug-likeness (QED) is 0.766. The fourth-order valence-electron chi connectivity index (χ4n) is 0.635. The molecule has 0 aromatic heterocycles. The fraction of sp³-hybridized carbons (Fsp3) is 0.333. The summed E-state index contributed by atoms with van der Waals surface area (Å²) in [6.45, 7) is 4.11. The van der Waals surface area contributed by atoms with Gasteiger partial charge in [0, 0.05) is 4.47 Å². The second-order valence-corrected chi connectivity index (χ2v) is 2.70. The van der Waals surface area contributed by atoms with E-state index < -0.39 is 0 Å². The van der Waals surface area contributed by atoms with E-state index in [2.05, 4.69) is 15.9 Å². The third kappa shape index (κ3) is 4.17. The summed E-state index contributed by atoms with van der Waals surface area (Å²) in [7, 11) is 0. The van der Waals surface area contributed by atoms with Crippen molar-refractivity contribution in [3.05, 3.63) is 34.3 Å². The lowest BCUT2D eigenvalue weighted by Gasteiger charge is -1.93. The van der Waals surface area contributed by atoms with Gasteiger partial charge in [0.1, 0.15) is 0 Å². The van der Waals surface area contributed by atoms with Crippen LogP contribution in [0.25, 0.3) is 0 Å². The summed E-state index contributed by atoms with van der Waals surface area (Å²) in [5.41, 5.74) is 0.935. The first kappa shape index (κ1) is 10.7. The minimum absolute atomic E-state index is 0.111. The Morgan fingerprint density at radius 2 is 2.00 bits per heavy atom. The van der Waals surface area contributed by atoms with Gasteiger partial charge in [-0.1, -0.05) is 41.9 Å². The first-order chi connectivity index (χ1) is 5.33. The number of benzene rings is 1. The third-order valence-corrected chi connectivity index (χ3v) is 1.56. The second-order valence-electron chi connectivity index (χ2n) is 1.79. The number of aliphatic hydroxyl groups excluding tert-OH is 1. The van der Waals surface area contributed by atoms with Crippen LogP contribution in [-0.4, -0.2) is 5.11 Å². The average molecular weight is 217 g/mol. The van der Waals surface area contributed by atoms with Crippen LogP contribution < -0.4 is 0 Å². The molecule has 0 amide bonds. The monoisotopic (exact) mass is 216 g/mol. The van der Waals surface area contributed by atoms with E-state index in [-0.39, 0.29) is 6.61 Å². The van der Waals surface area contributed by atoms with Gasteiger partial charge in [-0.25, -0.2) is 0 Å². The first-order valence-corrected chi connectivity index (χ1v) is 4.47. The highest BCUT2D eigenvalue weighted by Gasteiger charge is 1.88. The van der Waals surface area contributed by atoms with Crippen molar-refractivity contribution in [1.82, 2.24) is 0 Å². The van der Waals surface area contributed by atoms with E-state index in [0.29, 0.717) is 0 Å². The Labute approximate surface area is 76.2 Å². The standard InChI is InChI=1S/C7H7BrO.C2H6/c8-7-3-1-2-6(4-7)5-9;1-2/h1-4,9H,5H2;1-2H3. The fourth-order valence-corrected chi connectivity index (χ4v) is 1.08. The van der Waals surface area contributed by atoms with Crippen LogP contribution in [0.1, 0.15) is 19.4 Å². The summed E-state index contributed by atoms with van der Waals surface area (Å²) < 4.78 is 1.01. The molecule has 0 aliphatic heterocycles. The molecule has 0 radical (unpaired) electrons. The van der Waals surface area contributed by atoms with Gasteiger partial charge in [0.25, 0.3) is 0 Å². The van der Waals surface area contributed by atoms with Crippen molar-refractivity contribution in [1.29, 1.82) is 0 Å². The molecule has 11 heavy (non-hydrogen) atoms. The zero-order chi connectivity index (χ0) is 8.69. The normalized spacial score (nSPS) is 8.36. The summed E-state index contributed by atoms with van der Waals surface area (Å²) in [5, 5.41) is 8.64. The highest BCUT2D eigenvalue weighted by Crippen LogP contribution is 2.10. The van der Waals surface area contributed by atoms with E-state index in [1.54, 1.807) is 0 Å². The number of rotatable bonds is 1. The molecule has 0 aliphatic carbocycles. The van der Waals surface area contributed by atoms with Gasteiger partial charge in [0.2, 0.25) is 0 Å². The molecule has 1 aromatic rings. The van der Waals surface area contributed by atoms with Gasteiger partial charge in [-0.15, -0.1) is 0 Å². The summed E-state index contributed by atoms with van der Waals surface area (Å²) >= 11 is 3.29. The number of hydrogen-bond donors (Lipinski definition) is 1. The smallest absolute Gasteiger partial charge is 0.0682 e. The van der Waals surface area contributed by atoms with Crippen LogP contribution in [0.15, 0.2) is 28.7 Å². The van der Waals surface area contributed by atoms with Crippen LogP contribution in [0.3, 0.4) is 0 Å². The summed E-state index contributed by atoms with van der Waals surface area (Å²) in [5.74, 6) is 0. The zero-order valence-corrected chi connectivity index (χ0v) is 8.43. The van der Waals surface area contributed by atoms with E-state index in [1.807, 2.05) is 38.1 Å². The van der Waals surface area contributed by atoms with Crippen LogP contribution >= 0.6 is 15.9 Å². The predicted octanol–water partition coefficient (Wildman–Crippen LogP) is 2.97. The molecular formula is C9H13BrO. The molecule has 2 heteroatoms. The Bertz CT molecular complexity index is 199. The van der Waals surface area contributed by atoms with Gasteiger partial charge in [-0.05, 0) is 17.7 Å². The van der Waals surface area contributed by atoms with E-state index in [1.165, 1.54) is 0 Å². The van der Waals surface area contributed by atoms with Crippen LogP contribution in [0.2, 0.25) is 0 Å². The molecule has 0 fully saturated rings. The van der Waals surface area contributed by atoms with Crippen LogP contribution in [-0.2, 0) is 6.61 Å². The molecule has 0 unspecified atom stereocenters. The topological polar surface area (TPSA) is 20.2 Å². The van der Waals surface area contributed by atoms with Crippen molar-refractivity contribution in [3.63, 3.8) is 0 Å². The van der Waals surface area contributed by atoms with Crippen molar-refractivity contribution in [2.24, 2.45) is 0 Å². The largest absolute Gasteiger partial charge is 0.392 e. The van der Waals surface area contributed by atoms with Crippen molar-refractivity contribution in [3.8, 4) is 0 Å². The van der Waals surface area contributed by atoms with E-state index in [9.17, 15) is 0 Å². The van der Waals surface area contributed by atoms with Crippen LogP contribution in [0.4, 0.5) is 0 Å². The van der Waals surface area contributed by atoms with Gasteiger partial charge in [-0.2, -0.15) is 0 Å². The van der Waals surface area contributed by atoms with Gasteiger partial charge < -0.3 is 5.11 Å². The molecular weight excluding hydrogens is 204 g/mol. The molecule has 1 rings (SSSR count). The molecule has 0 atom stereocenters. The van der Waals surface area contributed by atoms with Crippen molar-refractivity contribution < 1.29 is 5.11 Å². The van der Waals surface area contributed by atoms with Crippen LogP contribution in [0, 0.1) is 0 Å². The molecule has 0 spiro atoms. The van der Waals surface area contributed by atoms with Gasteiger partial charge in [-0.3, -0.25) is 0 Å². The maximum atomic E-state index is 8.64. The van der Waals surface area contributed by atoms with Crippen molar-refractivity contribution in [2.45, 2.75) is 20.5 Å². The predicted molar refractivity (Wildman–Crippen MR) is 51.4 cm³/mol. The van der Waals surface area contributed by atoms with E-state index in [4.69, 9.17) is 5.11 Å². The summed E-state index contributed by atoms with van der Waals surface area (Å²) in [6.07, 6.45) is 0. The minimum atomic E-state index is 0.111. The highest BCUT2D eigenvalue weighted by atomic mass is 79.9. The molecule has 0 saturated carbocycles. The molecule has 1 aromatic carbocycles. The highest BCUT2D eigenvalue weighted by molar-refractivity contribution is 9.10. The lowest BCUT2D eigenvalue weighted by atomic mass is 10.2. The Kier molecular flexibility index (Phi) is 6.18. The Morgan fingerprint density at radius 3 is 2.36 bits per heavy atom. The SMILES string of the molecule is CC.OCc1cccc(Br)c1. The molecule has 1 N–H and O–H groups in total. The molecule has 0 saturated heterocycles. The van der Waals surface area contributed by atoms with Gasteiger partial charge in [0.15, 0.2) is 0 Å². The summed E-state index contributed by atoms with van der Waals surface area (Å²) in [6, 6.07) is 7.60. The number of halogens is 1. The Balaban J connectivity index is 0.000000461. The maximum Gasteiger partial charge on any atom is 0.0682 e. The van der Waals surface area contributed by atoms with E-state index in [0.717, 1.165) is 10.0 Å². The van der Waals surface area contributed by atoms with Gasteiger partial charge in [0.05, 0.1) is 6.61 Å². The van der Waals surface area contributed by atoms with Gasteiger partial charge >= 0.3 is 0 Å². The minimum Gasteiger partial charge on any atom is -0.392 e. The average Bonchev–Trinajstić information content (AvgIpc) is 2.08. The Hall–Kier alpha value is -0.340. The molecule has 1 nitrogen and oxygen atoms in total. The lowest BCUT2D eigenvalue weighted by Crippen LogP contribution is -1.79. The van der Waals surface area contributed by atoms with Crippen molar-refractivity contribution in [2.75, 3.05) is 0 Å². The molecule has 0 heterocycles.